The number of carboxylic acids is 1. The van der Waals surface area contributed by atoms with E-state index in [1.165, 1.54) is 6.07 Å². The summed E-state index contributed by atoms with van der Waals surface area (Å²) in [5.41, 5.74) is 3.39. The summed E-state index contributed by atoms with van der Waals surface area (Å²) in [6.07, 6.45) is 1.94. The monoisotopic (exact) mass is 576 g/mol. The van der Waals surface area contributed by atoms with Gasteiger partial charge in [0.2, 0.25) is 12.7 Å². The van der Waals surface area contributed by atoms with Crippen molar-refractivity contribution in [1.29, 1.82) is 0 Å². The third-order valence-electron chi connectivity index (χ3n) is 8.09. The Labute approximate surface area is 245 Å². The standard InChI is InChI=1S/C33H37FN2O6/c1-4-15-40-23-11-7-21(8-12-23)32-30(33(38)39)25(22-10-14-27-28(16-22)42-19-41-27)17-36(32)18-29(37)35-31-20(5-2)9-13-26(34)24(31)6-3/h7-14,16,25,30,32H,4-6,15,17-19H2,1-3H3,(H,35,37)(H,38,39)/t25-,30?,32+/m1/s1. The number of amides is 1. The van der Waals surface area contributed by atoms with Gasteiger partial charge in [-0.2, -0.15) is 0 Å². The number of halogens is 1. The lowest BCUT2D eigenvalue weighted by Gasteiger charge is -2.27. The van der Waals surface area contributed by atoms with Gasteiger partial charge in [0.15, 0.2) is 11.5 Å². The number of aryl methyl sites for hydroxylation is 1. The molecule has 2 aliphatic rings. The molecule has 2 N–H and O–H groups in total. The maximum Gasteiger partial charge on any atom is 0.309 e. The Hall–Kier alpha value is -4.11. The average molecular weight is 577 g/mol. The molecule has 1 saturated heterocycles. The number of ether oxygens (including phenoxy) is 3. The van der Waals surface area contributed by atoms with Crippen LogP contribution in [0.3, 0.4) is 0 Å². The van der Waals surface area contributed by atoms with Crippen molar-refractivity contribution in [3.63, 3.8) is 0 Å². The first-order valence-electron chi connectivity index (χ1n) is 14.5. The summed E-state index contributed by atoms with van der Waals surface area (Å²) in [6.45, 7) is 6.80. The van der Waals surface area contributed by atoms with E-state index in [0.717, 1.165) is 23.1 Å². The molecule has 0 radical (unpaired) electrons. The van der Waals surface area contributed by atoms with Crippen LogP contribution in [0.15, 0.2) is 54.6 Å². The normalized spacial score (nSPS) is 19.6. The molecule has 0 bridgehead atoms. The van der Waals surface area contributed by atoms with Gasteiger partial charge in [-0.25, -0.2) is 4.39 Å². The lowest BCUT2D eigenvalue weighted by molar-refractivity contribution is -0.143. The Morgan fingerprint density at radius 3 is 2.43 bits per heavy atom. The second kappa shape index (κ2) is 12.8. The van der Waals surface area contributed by atoms with E-state index in [4.69, 9.17) is 14.2 Å². The molecule has 3 aromatic rings. The highest BCUT2D eigenvalue weighted by molar-refractivity contribution is 5.94. The number of hydrogen-bond acceptors (Lipinski definition) is 6. The van der Waals surface area contributed by atoms with Gasteiger partial charge in [0.1, 0.15) is 11.6 Å². The summed E-state index contributed by atoms with van der Waals surface area (Å²) < 4.78 is 31.4. The van der Waals surface area contributed by atoms with Gasteiger partial charge in [-0.1, -0.05) is 45.0 Å². The highest BCUT2D eigenvalue weighted by atomic mass is 19.1. The van der Waals surface area contributed by atoms with Crippen LogP contribution in [0.5, 0.6) is 17.2 Å². The molecule has 2 heterocycles. The van der Waals surface area contributed by atoms with Crippen molar-refractivity contribution >= 4 is 17.6 Å². The summed E-state index contributed by atoms with van der Waals surface area (Å²) in [7, 11) is 0. The Morgan fingerprint density at radius 1 is 1.00 bits per heavy atom. The topological polar surface area (TPSA) is 97.3 Å². The molecule has 8 nitrogen and oxygen atoms in total. The predicted octanol–water partition coefficient (Wildman–Crippen LogP) is 5.95. The molecule has 0 aliphatic carbocycles. The fraction of sp³-hybridized carbons (Fsp3) is 0.394. The van der Waals surface area contributed by atoms with E-state index in [-0.39, 0.29) is 25.1 Å². The van der Waals surface area contributed by atoms with Crippen molar-refractivity contribution in [2.45, 2.75) is 52.0 Å². The summed E-state index contributed by atoms with van der Waals surface area (Å²) in [4.78, 5) is 28.4. The number of carbonyl (C=O) groups is 2. The first kappa shape index (κ1) is 29.4. The van der Waals surface area contributed by atoms with Crippen LogP contribution in [0.4, 0.5) is 10.1 Å². The van der Waals surface area contributed by atoms with Crippen molar-refractivity contribution in [3.8, 4) is 17.2 Å². The summed E-state index contributed by atoms with van der Waals surface area (Å²) in [5.74, 6) is -1.00. The number of aliphatic carboxylic acids is 1. The smallest absolute Gasteiger partial charge is 0.309 e. The molecule has 1 unspecified atom stereocenters. The summed E-state index contributed by atoms with van der Waals surface area (Å²) in [6, 6.07) is 15.4. The lowest BCUT2D eigenvalue weighted by Crippen LogP contribution is -2.35. The number of rotatable bonds is 11. The number of carbonyl (C=O) groups excluding carboxylic acids is 1. The zero-order chi connectivity index (χ0) is 29.8. The molecule has 3 atom stereocenters. The van der Waals surface area contributed by atoms with E-state index in [1.54, 1.807) is 12.1 Å². The van der Waals surface area contributed by atoms with E-state index in [2.05, 4.69) is 5.32 Å². The predicted molar refractivity (Wildman–Crippen MR) is 157 cm³/mol. The minimum absolute atomic E-state index is 0.0631. The zero-order valence-corrected chi connectivity index (χ0v) is 24.2. The molecular weight excluding hydrogens is 539 g/mol. The minimum Gasteiger partial charge on any atom is -0.494 e. The second-order valence-electron chi connectivity index (χ2n) is 10.7. The minimum atomic E-state index is -0.955. The number of fused-ring (bicyclic) bond motifs is 1. The van der Waals surface area contributed by atoms with E-state index in [9.17, 15) is 19.1 Å². The van der Waals surface area contributed by atoms with Crippen molar-refractivity contribution < 1.29 is 33.3 Å². The maximum atomic E-state index is 14.6. The largest absolute Gasteiger partial charge is 0.494 e. The highest BCUT2D eigenvalue weighted by Gasteiger charge is 2.48. The molecule has 42 heavy (non-hydrogen) atoms. The number of carboxylic acid groups (broad SMARTS) is 1. The molecular formula is C33H37FN2O6. The number of anilines is 1. The van der Waals surface area contributed by atoms with Gasteiger partial charge in [0.25, 0.3) is 0 Å². The van der Waals surface area contributed by atoms with E-state index >= 15 is 0 Å². The third-order valence-corrected chi connectivity index (χ3v) is 8.09. The van der Waals surface area contributed by atoms with E-state index in [1.807, 2.05) is 62.1 Å². The fourth-order valence-corrected chi connectivity index (χ4v) is 6.08. The van der Waals surface area contributed by atoms with Crippen LogP contribution in [0.2, 0.25) is 0 Å². The second-order valence-corrected chi connectivity index (χ2v) is 10.7. The van der Waals surface area contributed by atoms with Crippen LogP contribution in [-0.4, -0.2) is 48.4 Å². The molecule has 0 saturated carbocycles. The SMILES string of the molecule is CCCOc1ccc([C@H]2C(C(=O)O)[C@@H](c3ccc4c(c3)OCO4)CN2CC(=O)Nc2c(CC)ccc(F)c2CC)cc1. The number of nitrogens with zero attached hydrogens (tertiary/aromatic N) is 1. The molecule has 2 aliphatic heterocycles. The third kappa shape index (κ3) is 5.92. The molecule has 5 rings (SSSR count). The van der Waals surface area contributed by atoms with E-state index < -0.39 is 23.8 Å². The quantitative estimate of drug-likeness (QED) is 0.291. The van der Waals surface area contributed by atoms with Crippen molar-refractivity contribution in [2.75, 3.05) is 31.8 Å². The van der Waals surface area contributed by atoms with Gasteiger partial charge in [-0.15, -0.1) is 0 Å². The first-order chi connectivity index (χ1) is 20.3. The van der Waals surface area contributed by atoms with Gasteiger partial charge in [0.05, 0.1) is 24.8 Å². The Kier molecular flexibility index (Phi) is 8.97. The van der Waals surface area contributed by atoms with Gasteiger partial charge in [-0.05, 0) is 66.3 Å². The molecule has 9 heteroatoms. The van der Waals surface area contributed by atoms with Gasteiger partial charge in [0, 0.05) is 24.1 Å². The Balaban J connectivity index is 1.48. The van der Waals surface area contributed by atoms with Gasteiger partial charge >= 0.3 is 5.97 Å². The van der Waals surface area contributed by atoms with Crippen molar-refractivity contribution in [3.05, 3.63) is 82.7 Å². The Morgan fingerprint density at radius 2 is 1.74 bits per heavy atom. The first-order valence-corrected chi connectivity index (χ1v) is 14.5. The molecule has 0 aromatic heterocycles. The van der Waals surface area contributed by atoms with Crippen LogP contribution in [0.1, 0.15) is 61.4 Å². The molecule has 1 fully saturated rings. The number of likely N-dealkylation sites (tertiary alicyclic amines) is 1. The van der Waals surface area contributed by atoms with Crippen molar-refractivity contribution in [1.82, 2.24) is 4.90 Å². The zero-order valence-electron chi connectivity index (χ0n) is 24.2. The van der Waals surface area contributed by atoms with Crippen LogP contribution in [0, 0.1) is 11.7 Å². The van der Waals surface area contributed by atoms with Crippen LogP contribution < -0.4 is 19.5 Å². The van der Waals surface area contributed by atoms with E-state index in [0.29, 0.717) is 54.5 Å². The Bertz CT molecular complexity index is 1440. The number of hydrogen-bond donors (Lipinski definition) is 2. The molecule has 222 valence electrons. The molecule has 3 aromatic carbocycles. The van der Waals surface area contributed by atoms with Crippen LogP contribution in [-0.2, 0) is 22.4 Å². The molecule has 0 spiro atoms. The van der Waals surface area contributed by atoms with Gasteiger partial charge in [-0.3, -0.25) is 14.5 Å². The summed E-state index contributed by atoms with van der Waals surface area (Å²) in [5, 5.41) is 13.5. The van der Waals surface area contributed by atoms with Gasteiger partial charge < -0.3 is 24.6 Å². The molecule has 1 amide bonds. The lowest BCUT2D eigenvalue weighted by atomic mass is 9.82. The summed E-state index contributed by atoms with van der Waals surface area (Å²) >= 11 is 0. The number of nitrogens with one attached hydrogen (secondary N) is 1. The van der Waals surface area contributed by atoms with Crippen LogP contribution in [0.25, 0.3) is 0 Å². The maximum absolute atomic E-state index is 14.6. The fourth-order valence-electron chi connectivity index (χ4n) is 6.08. The van der Waals surface area contributed by atoms with Crippen LogP contribution >= 0.6 is 0 Å². The van der Waals surface area contributed by atoms with Crippen molar-refractivity contribution in [2.24, 2.45) is 5.92 Å². The average Bonchev–Trinajstić information content (AvgIpc) is 3.61. The highest BCUT2D eigenvalue weighted by Crippen LogP contribution is 2.47. The number of benzene rings is 3.